The van der Waals surface area contributed by atoms with Gasteiger partial charge in [0.05, 0.1) is 23.4 Å². The van der Waals surface area contributed by atoms with Gasteiger partial charge in [-0.3, -0.25) is 9.59 Å². The Balaban J connectivity index is 1.40. The van der Waals surface area contributed by atoms with Crippen LogP contribution in [-0.4, -0.2) is 31.0 Å². The fourth-order valence-corrected chi connectivity index (χ4v) is 3.21. The van der Waals surface area contributed by atoms with Crippen molar-refractivity contribution < 1.29 is 28.6 Å². The van der Waals surface area contributed by atoms with Crippen LogP contribution in [0.25, 0.3) is 0 Å². The van der Waals surface area contributed by atoms with Crippen LogP contribution in [-0.2, 0) is 4.79 Å². The van der Waals surface area contributed by atoms with Crippen molar-refractivity contribution in [2.45, 2.75) is 6.92 Å². The van der Waals surface area contributed by atoms with E-state index in [2.05, 4.69) is 0 Å². The largest absolute Gasteiger partial charge is 0.494 e. The summed E-state index contributed by atoms with van der Waals surface area (Å²) in [6.07, 6.45) is 0. The lowest BCUT2D eigenvalue weighted by Crippen LogP contribution is -2.29. The highest BCUT2D eigenvalue weighted by atomic mass is 16.6. The molecule has 0 unspecified atom stereocenters. The predicted molar refractivity (Wildman–Crippen MR) is 113 cm³/mol. The maximum atomic E-state index is 12.6. The van der Waals surface area contributed by atoms with Crippen LogP contribution in [0.1, 0.15) is 27.6 Å². The van der Waals surface area contributed by atoms with Gasteiger partial charge in [0.15, 0.2) is 6.61 Å². The van der Waals surface area contributed by atoms with E-state index in [0.29, 0.717) is 34.9 Å². The molecule has 0 fully saturated rings. The van der Waals surface area contributed by atoms with E-state index in [9.17, 15) is 14.4 Å². The molecule has 0 saturated carbocycles. The highest BCUT2D eigenvalue weighted by Crippen LogP contribution is 2.30. The van der Waals surface area contributed by atoms with Gasteiger partial charge < -0.3 is 14.2 Å². The zero-order valence-electron chi connectivity index (χ0n) is 16.7. The Morgan fingerprint density at radius 3 is 2.00 bits per heavy atom. The first-order valence-corrected chi connectivity index (χ1v) is 9.71. The zero-order valence-corrected chi connectivity index (χ0v) is 16.7. The SMILES string of the molecule is CCOc1ccc(OCC(=O)Oc2cccc(N3C(=O)c4ccccc4C3=O)c2)cc1. The van der Waals surface area contributed by atoms with E-state index in [1.165, 1.54) is 6.07 Å². The molecule has 0 atom stereocenters. The van der Waals surface area contributed by atoms with Gasteiger partial charge in [0, 0.05) is 6.07 Å². The van der Waals surface area contributed by atoms with Gasteiger partial charge in [0.25, 0.3) is 11.8 Å². The summed E-state index contributed by atoms with van der Waals surface area (Å²) < 4.78 is 16.1. The van der Waals surface area contributed by atoms with Crippen molar-refractivity contribution >= 4 is 23.5 Å². The van der Waals surface area contributed by atoms with Crippen LogP contribution in [0.5, 0.6) is 17.2 Å². The third kappa shape index (κ3) is 4.25. The van der Waals surface area contributed by atoms with E-state index < -0.39 is 17.8 Å². The first kappa shape index (κ1) is 20.2. The molecule has 0 N–H and O–H groups in total. The number of carbonyl (C=O) groups is 3. The van der Waals surface area contributed by atoms with Crippen LogP contribution < -0.4 is 19.1 Å². The van der Waals surface area contributed by atoms with Crippen molar-refractivity contribution in [3.63, 3.8) is 0 Å². The van der Waals surface area contributed by atoms with Gasteiger partial charge >= 0.3 is 5.97 Å². The molecule has 0 aliphatic carbocycles. The minimum Gasteiger partial charge on any atom is -0.494 e. The van der Waals surface area contributed by atoms with Crippen LogP contribution >= 0.6 is 0 Å². The van der Waals surface area contributed by atoms with Gasteiger partial charge in [-0.1, -0.05) is 18.2 Å². The van der Waals surface area contributed by atoms with Crippen molar-refractivity contribution in [2.75, 3.05) is 18.1 Å². The van der Waals surface area contributed by atoms with E-state index in [0.717, 1.165) is 4.90 Å². The number of esters is 1. The molecule has 3 aromatic carbocycles. The Hall–Kier alpha value is -4.13. The fourth-order valence-electron chi connectivity index (χ4n) is 3.21. The summed E-state index contributed by atoms with van der Waals surface area (Å²) in [5, 5.41) is 0. The first-order valence-electron chi connectivity index (χ1n) is 9.71. The standard InChI is InChI=1S/C24H19NO6/c1-2-29-17-10-12-18(13-11-17)30-15-22(26)31-19-7-5-6-16(14-19)25-23(27)20-8-3-4-9-21(20)24(25)28/h3-14H,2,15H2,1H3. The van der Waals surface area contributed by atoms with Crippen LogP contribution in [0.3, 0.4) is 0 Å². The molecule has 156 valence electrons. The Bertz CT molecular complexity index is 1100. The van der Waals surface area contributed by atoms with Gasteiger partial charge in [-0.25, -0.2) is 9.69 Å². The van der Waals surface area contributed by atoms with E-state index in [4.69, 9.17) is 14.2 Å². The van der Waals surface area contributed by atoms with Crippen LogP contribution in [0.2, 0.25) is 0 Å². The van der Waals surface area contributed by atoms with Gasteiger partial charge in [-0.2, -0.15) is 0 Å². The normalized spacial score (nSPS) is 12.5. The van der Waals surface area contributed by atoms with Crippen molar-refractivity contribution in [1.82, 2.24) is 0 Å². The summed E-state index contributed by atoms with van der Waals surface area (Å²) in [6.45, 7) is 2.15. The molecule has 31 heavy (non-hydrogen) atoms. The number of ether oxygens (including phenoxy) is 3. The predicted octanol–water partition coefficient (Wildman–Crippen LogP) is 3.87. The molecule has 0 saturated heterocycles. The molecule has 0 bridgehead atoms. The minimum atomic E-state index is -0.617. The number of imide groups is 1. The summed E-state index contributed by atoms with van der Waals surface area (Å²) in [5.74, 6) is -0.0314. The number of carbonyl (C=O) groups excluding carboxylic acids is 3. The molecular weight excluding hydrogens is 398 g/mol. The molecule has 7 heteroatoms. The molecule has 0 spiro atoms. The van der Waals surface area contributed by atoms with Crippen molar-refractivity contribution in [1.29, 1.82) is 0 Å². The quantitative estimate of drug-likeness (QED) is 0.330. The third-order valence-electron chi connectivity index (χ3n) is 4.59. The Morgan fingerprint density at radius 1 is 0.774 bits per heavy atom. The molecule has 1 heterocycles. The number of hydrogen-bond acceptors (Lipinski definition) is 6. The number of hydrogen-bond donors (Lipinski definition) is 0. The second-order valence-corrected chi connectivity index (χ2v) is 6.66. The molecule has 4 rings (SSSR count). The highest BCUT2D eigenvalue weighted by Gasteiger charge is 2.36. The van der Waals surface area contributed by atoms with Crippen LogP contribution in [0.15, 0.2) is 72.8 Å². The number of benzene rings is 3. The lowest BCUT2D eigenvalue weighted by molar-refractivity contribution is -0.136. The average molecular weight is 417 g/mol. The molecule has 1 aliphatic heterocycles. The summed E-state index contributed by atoms with van der Waals surface area (Å²) in [5.41, 5.74) is 1.02. The number of nitrogens with zero attached hydrogens (tertiary/aromatic N) is 1. The summed E-state index contributed by atoms with van der Waals surface area (Å²) in [6, 6.07) is 19.8. The smallest absolute Gasteiger partial charge is 0.349 e. The molecule has 2 amide bonds. The number of amides is 2. The topological polar surface area (TPSA) is 82.1 Å². The second-order valence-electron chi connectivity index (χ2n) is 6.66. The fraction of sp³-hybridized carbons (Fsp3) is 0.125. The molecule has 0 radical (unpaired) electrons. The van der Waals surface area contributed by atoms with Crippen molar-refractivity contribution in [3.8, 4) is 17.2 Å². The number of fused-ring (bicyclic) bond motifs is 1. The zero-order chi connectivity index (χ0) is 21.8. The van der Waals surface area contributed by atoms with E-state index in [1.54, 1.807) is 66.7 Å². The van der Waals surface area contributed by atoms with Crippen LogP contribution in [0, 0.1) is 0 Å². The van der Waals surface area contributed by atoms with Gasteiger partial charge in [0.2, 0.25) is 0 Å². The Morgan fingerprint density at radius 2 is 1.39 bits per heavy atom. The van der Waals surface area contributed by atoms with Gasteiger partial charge in [-0.05, 0) is 55.5 Å². The maximum Gasteiger partial charge on any atom is 0.349 e. The summed E-state index contributed by atoms with van der Waals surface area (Å²) in [7, 11) is 0. The van der Waals surface area contributed by atoms with Crippen LogP contribution in [0.4, 0.5) is 5.69 Å². The van der Waals surface area contributed by atoms with Crippen molar-refractivity contribution in [2.24, 2.45) is 0 Å². The number of rotatable bonds is 7. The van der Waals surface area contributed by atoms with E-state index in [1.807, 2.05) is 6.92 Å². The maximum absolute atomic E-state index is 12.6. The molecule has 0 aromatic heterocycles. The Kier molecular flexibility index (Phi) is 5.66. The minimum absolute atomic E-state index is 0.203. The third-order valence-corrected chi connectivity index (χ3v) is 4.59. The van der Waals surface area contributed by atoms with Gasteiger partial charge in [0.1, 0.15) is 17.2 Å². The van der Waals surface area contributed by atoms with E-state index in [-0.39, 0.29) is 12.4 Å². The highest BCUT2D eigenvalue weighted by molar-refractivity contribution is 6.34. The molecular formula is C24H19NO6. The summed E-state index contributed by atoms with van der Waals surface area (Å²) >= 11 is 0. The molecule has 3 aromatic rings. The summed E-state index contributed by atoms with van der Waals surface area (Å²) in [4.78, 5) is 38.5. The molecule has 1 aliphatic rings. The lowest BCUT2D eigenvalue weighted by atomic mass is 10.1. The van der Waals surface area contributed by atoms with Gasteiger partial charge in [-0.15, -0.1) is 0 Å². The van der Waals surface area contributed by atoms with E-state index >= 15 is 0 Å². The number of anilines is 1. The Labute approximate surface area is 178 Å². The lowest BCUT2D eigenvalue weighted by Gasteiger charge is -2.15. The second kappa shape index (κ2) is 8.71. The monoisotopic (exact) mass is 417 g/mol. The van der Waals surface area contributed by atoms with Crippen molar-refractivity contribution in [3.05, 3.63) is 83.9 Å². The first-order chi connectivity index (χ1) is 15.1. The molecule has 7 nitrogen and oxygen atoms in total. The average Bonchev–Trinajstić information content (AvgIpc) is 3.04.